The van der Waals surface area contributed by atoms with Crippen LogP contribution in [0.3, 0.4) is 0 Å². The summed E-state index contributed by atoms with van der Waals surface area (Å²) in [4.78, 5) is 13.5. The zero-order valence-corrected chi connectivity index (χ0v) is 20.1. The number of carbonyl (C=O) groups excluding carboxylic acids is 1. The van der Waals surface area contributed by atoms with Crippen molar-refractivity contribution in [3.05, 3.63) is 100 Å². The summed E-state index contributed by atoms with van der Waals surface area (Å²) in [7, 11) is -5.80. The van der Waals surface area contributed by atoms with Gasteiger partial charge in [-0.3, -0.25) is 4.79 Å². The van der Waals surface area contributed by atoms with Gasteiger partial charge < -0.3 is 4.18 Å². The van der Waals surface area contributed by atoms with Crippen LogP contribution in [0.15, 0.2) is 72.8 Å². The van der Waals surface area contributed by atoms with Crippen LogP contribution in [-0.4, -0.2) is 19.7 Å². The zero-order chi connectivity index (χ0) is 25.3. The molecule has 0 heterocycles. The number of rotatable bonds is 6. The van der Waals surface area contributed by atoms with Crippen molar-refractivity contribution in [2.75, 3.05) is 0 Å². The van der Waals surface area contributed by atoms with Crippen LogP contribution in [0.1, 0.15) is 53.7 Å². The van der Waals surface area contributed by atoms with Gasteiger partial charge in [0.1, 0.15) is 5.75 Å². The second-order valence-corrected chi connectivity index (χ2v) is 10.7. The minimum atomic E-state index is -5.80. The Hall–Kier alpha value is -2.84. The van der Waals surface area contributed by atoms with Gasteiger partial charge in [-0.1, -0.05) is 80.9 Å². The fourth-order valence-corrected chi connectivity index (χ4v) is 3.93. The van der Waals surface area contributed by atoms with Crippen molar-refractivity contribution >= 4 is 27.5 Å². The predicted octanol–water partition coefficient (Wildman–Crippen LogP) is 6.88. The van der Waals surface area contributed by atoms with Crippen LogP contribution >= 0.6 is 11.6 Å². The lowest BCUT2D eigenvalue weighted by Gasteiger charge is -2.21. The van der Waals surface area contributed by atoms with Crippen molar-refractivity contribution in [1.82, 2.24) is 0 Å². The number of halogens is 4. The molecule has 0 amide bonds. The number of Topliss-reactive ketones (excluding diaryl/α,β-unsaturated/α-hetero) is 1. The zero-order valence-electron chi connectivity index (χ0n) is 18.6. The van der Waals surface area contributed by atoms with Crippen LogP contribution in [0.4, 0.5) is 13.2 Å². The van der Waals surface area contributed by atoms with Crippen molar-refractivity contribution in [2.45, 2.75) is 37.6 Å². The lowest BCUT2D eigenvalue weighted by Crippen LogP contribution is -2.28. The Kier molecular flexibility index (Phi) is 7.15. The maximum Gasteiger partial charge on any atom is 0.534 e. The molecule has 0 bridgehead atoms. The lowest BCUT2D eigenvalue weighted by molar-refractivity contribution is -0.0500. The Morgan fingerprint density at radius 2 is 1.29 bits per heavy atom. The SMILES string of the molecule is CC(C)(C)c1ccc(C(=O)C(c2ccc(Cl)cc2)c2ccc(OS(=O)(=O)C(F)(F)F)cc2)cc1. The summed E-state index contributed by atoms with van der Waals surface area (Å²) in [6, 6.07) is 18.8. The van der Waals surface area contributed by atoms with E-state index in [0.29, 0.717) is 21.7 Å². The molecule has 0 aromatic heterocycles. The van der Waals surface area contributed by atoms with Crippen molar-refractivity contribution in [3.63, 3.8) is 0 Å². The molecule has 0 radical (unpaired) electrons. The van der Waals surface area contributed by atoms with Crippen molar-refractivity contribution < 1.29 is 30.6 Å². The molecule has 3 aromatic carbocycles. The van der Waals surface area contributed by atoms with E-state index in [0.717, 1.165) is 17.7 Å². The average molecular weight is 511 g/mol. The van der Waals surface area contributed by atoms with Gasteiger partial charge in [-0.05, 0) is 46.4 Å². The maximum atomic E-state index is 13.5. The summed E-state index contributed by atoms with van der Waals surface area (Å²) in [6.07, 6.45) is 0. The van der Waals surface area contributed by atoms with Gasteiger partial charge in [-0.2, -0.15) is 21.6 Å². The molecule has 180 valence electrons. The Bertz CT molecular complexity index is 1260. The van der Waals surface area contributed by atoms with Crippen molar-refractivity contribution in [2.24, 2.45) is 0 Å². The number of ketones is 1. The summed E-state index contributed by atoms with van der Waals surface area (Å²) in [5.74, 6) is -1.55. The van der Waals surface area contributed by atoms with Gasteiger partial charge in [-0.25, -0.2) is 0 Å². The molecule has 0 saturated carbocycles. The topological polar surface area (TPSA) is 60.4 Å². The summed E-state index contributed by atoms with van der Waals surface area (Å²) < 4.78 is 64.5. The van der Waals surface area contributed by atoms with Crippen LogP contribution in [0.5, 0.6) is 5.75 Å². The highest BCUT2D eigenvalue weighted by molar-refractivity contribution is 7.88. The Balaban J connectivity index is 1.99. The number of carbonyl (C=O) groups is 1. The quantitative estimate of drug-likeness (QED) is 0.206. The Morgan fingerprint density at radius 1 is 0.824 bits per heavy atom. The molecule has 1 unspecified atom stereocenters. The van der Waals surface area contributed by atoms with E-state index in [1.165, 1.54) is 12.1 Å². The third kappa shape index (κ3) is 5.80. The van der Waals surface area contributed by atoms with Gasteiger partial charge in [0.2, 0.25) is 0 Å². The van der Waals surface area contributed by atoms with Crippen molar-refractivity contribution in [3.8, 4) is 5.75 Å². The largest absolute Gasteiger partial charge is 0.534 e. The van der Waals surface area contributed by atoms with Gasteiger partial charge in [0.25, 0.3) is 0 Å². The van der Waals surface area contributed by atoms with E-state index in [1.807, 2.05) is 12.1 Å². The minimum Gasteiger partial charge on any atom is -0.376 e. The van der Waals surface area contributed by atoms with Gasteiger partial charge in [-0.15, -0.1) is 0 Å². The van der Waals surface area contributed by atoms with Gasteiger partial charge >= 0.3 is 15.6 Å². The summed E-state index contributed by atoms with van der Waals surface area (Å²) >= 11 is 5.99. The van der Waals surface area contributed by atoms with Crippen LogP contribution < -0.4 is 4.18 Å². The molecule has 0 N–H and O–H groups in total. The molecule has 3 rings (SSSR count). The first kappa shape index (κ1) is 25.8. The van der Waals surface area contributed by atoms with E-state index >= 15 is 0 Å². The lowest BCUT2D eigenvalue weighted by atomic mass is 9.83. The first-order valence-corrected chi connectivity index (χ1v) is 12.0. The summed E-state index contributed by atoms with van der Waals surface area (Å²) in [5, 5.41) is 0.477. The number of alkyl halides is 3. The summed E-state index contributed by atoms with van der Waals surface area (Å²) in [5.41, 5.74) is -3.07. The van der Waals surface area contributed by atoms with Gasteiger partial charge in [0.05, 0.1) is 5.92 Å². The van der Waals surface area contributed by atoms with Gasteiger partial charge in [0.15, 0.2) is 5.78 Å². The highest BCUT2D eigenvalue weighted by Crippen LogP contribution is 2.33. The molecule has 0 aliphatic heterocycles. The Labute approximate surface area is 201 Å². The van der Waals surface area contributed by atoms with Gasteiger partial charge in [0, 0.05) is 10.6 Å². The first-order chi connectivity index (χ1) is 15.7. The highest BCUT2D eigenvalue weighted by Gasteiger charge is 2.48. The third-order valence-electron chi connectivity index (χ3n) is 5.20. The van der Waals surface area contributed by atoms with Crippen LogP contribution in [0.2, 0.25) is 5.02 Å². The summed E-state index contributed by atoms with van der Waals surface area (Å²) in [6.45, 7) is 6.18. The second-order valence-electron chi connectivity index (χ2n) is 8.73. The number of hydrogen-bond acceptors (Lipinski definition) is 4. The fraction of sp³-hybridized carbons (Fsp3) is 0.240. The van der Waals surface area contributed by atoms with E-state index in [1.54, 1.807) is 36.4 Å². The molecular formula is C25H22ClF3O4S. The van der Waals surface area contributed by atoms with E-state index in [-0.39, 0.29) is 11.2 Å². The third-order valence-corrected chi connectivity index (χ3v) is 6.43. The first-order valence-electron chi connectivity index (χ1n) is 10.2. The molecule has 0 aliphatic carbocycles. The molecule has 0 spiro atoms. The molecule has 3 aromatic rings. The maximum absolute atomic E-state index is 13.5. The molecule has 0 aliphatic rings. The van der Waals surface area contributed by atoms with Crippen molar-refractivity contribution in [1.29, 1.82) is 0 Å². The standard InChI is InChI=1S/C25H22ClF3O4S/c1-24(2,3)19-10-4-18(5-11-19)23(30)22(16-6-12-20(26)13-7-16)17-8-14-21(15-9-17)33-34(31,32)25(27,28)29/h4-15,22H,1-3H3. The molecule has 0 fully saturated rings. The van der Waals surface area contributed by atoms with Crippen LogP contribution in [-0.2, 0) is 15.5 Å². The second kappa shape index (κ2) is 9.43. The molecule has 34 heavy (non-hydrogen) atoms. The van der Waals surface area contributed by atoms with E-state index in [4.69, 9.17) is 11.6 Å². The molecule has 4 nitrogen and oxygen atoms in total. The van der Waals surface area contributed by atoms with E-state index < -0.39 is 27.3 Å². The highest BCUT2D eigenvalue weighted by atomic mass is 35.5. The fourth-order valence-electron chi connectivity index (χ4n) is 3.34. The molecule has 9 heteroatoms. The molecular weight excluding hydrogens is 489 g/mol. The normalized spacial score (nSPS) is 13.4. The molecule has 1 atom stereocenters. The minimum absolute atomic E-state index is 0.0935. The number of hydrogen-bond donors (Lipinski definition) is 0. The van der Waals surface area contributed by atoms with Crippen LogP contribution in [0, 0.1) is 0 Å². The van der Waals surface area contributed by atoms with Crippen LogP contribution in [0.25, 0.3) is 0 Å². The average Bonchev–Trinajstić information content (AvgIpc) is 2.75. The predicted molar refractivity (Wildman–Crippen MR) is 125 cm³/mol. The Morgan fingerprint density at radius 3 is 1.74 bits per heavy atom. The monoisotopic (exact) mass is 510 g/mol. The number of benzene rings is 3. The molecule has 0 saturated heterocycles. The smallest absolute Gasteiger partial charge is 0.376 e. The van der Waals surface area contributed by atoms with E-state index in [9.17, 15) is 26.4 Å². The van der Waals surface area contributed by atoms with E-state index in [2.05, 4.69) is 25.0 Å².